The van der Waals surface area contributed by atoms with Crippen molar-refractivity contribution in [3.05, 3.63) is 58.5 Å². The number of nitrogens with one attached hydrogen (secondary N) is 1. The predicted molar refractivity (Wildman–Crippen MR) is 104 cm³/mol. The fourth-order valence-corrected chi connectivity index (χ4v) is 3.09. The number of H-pyrrole nitrogens is 1. The minimum absolute atomic E-state index is 0.144. The second kappa shape index (κ2) is 8.65. The normalized spacial score (nSPS) is 10.8. The van der Waals surface area contributed by atoms with Gasteiger partial charge in [0.05, 0.1) is 23.4 Å². The first-order chi connectivity index (χ1) is 13.5. The number of aryl methyl sites for hydroxylation is 2. The zero-order valence-electron chi connectivity index (χ0n) is 16.2. The maximum atomic E-state index is 12.5. The largest absolute Gasteiger partial charge is 0.462 e. The summed E-state index contributed by atoms with van der Waals surface area (Å²) in [6, 6.07) is 9.18. The minimum Gasteiger partial charge on any atom is -0.462 e. The van der Waals surface area contributed by atoms with Gasteiger partial charge in [0.15, 0.2) is 5.69 Å². The van der Waals surface area contributed by atoms with Gasteiger partial charge in [-0.2, -0.15) is 5.10 Å². The fraction of sp³-hybridized carbons (Fsp3) is 0.333. The molecule has 0 aliphatic heterocycles. The smallest absolute Gasteiger partial charge is 0.359 e. The molecule has 146 valence electrons. The van der Waals surface area contributed by atoms with Gasteiger partial charge in [0.1, 0.15) is 6.61 Å². The first kappa shape index (κ1) is 19.5. The van der Waals surface area contributed by atoms with Crippen molar-refractivity contribution in [2.45, 2.75) is 40.2 Å². The van der Waals surface area contributed by atoms with Crippen LogP contribution >= 0.6 is 0 Å². The van der Waals surface area contributed by atoms with E-state index in [1.165, 1.54) is 0 Å². The number of aromatic amines is 1. The molecule has 0 spiro atoms. The molecule has 0 radical (unpaired) electrons. The summed E-state index contributed by atoms with van der Waals surface area (Å²) in [4.78, 5) is 29.4. The summed E-state index contributed by atoms with van der Waals surface area (Å²) in [5, 5.41) is 7.67. The van der Waals surface area contributed by atoms with Gasteiger partial charge >= 0.3 is 11.9 Å². The van der Waals surface area contributed by atoms with Crippen molar-refractivity contribution < 1.29 is 19.1 Å². The second-order valence-electron chi connectivity index (χ2n) is 6.40. The number of benzene rings is 1. The lowest BCUT2D eigenvalue weighted by Gasteiger charge is -2.13. The Labute approximate surface area is 163 Å². The molecular weight excluding hydrogens is 358 g/mol. The van der Waals surface area contributed by atoms with Crippen LogP contribution in [0.3, 0.4) is 0 Å². The number of carbonyl (C=O) groups is 2. The third-order valence-corrected chi connectivity index (χ3v) is 4.41. The average molecular weight is 381 g/mol. The quantitative estimate of drug-likeness (QED) is 0.626. The lowest BCUT2D eigenvalue weighted by atomic mass is 10.0. The summed E-state index contributed by atoms with van der Waals surface area (Å²) < 4.78 is 10.6. The lowest BCUT2D eigenvalue weighted by Crippen LogP contribution is -2.15. The molecule has 0 aliphatic carbocycles. The van der Waals surface area contributed by atoms with Crippen molar-refractivity contribution >= 4 is 22.8 Å². The van der Waals surface area contributed by atoms with E-state index in [2.05, 4.69) is 15.2 Å². The SMILES string of the molecule is CCCc1cc(C(=O)OCc2nc3ccccc3c(C)c2C(=O)OCC)n[nH]1. The molecule has 7 nitrogen and oxygen atoms in total. The van der Waals surface area contributed by atoms with E-state index in [0.29, 0.717) is 11.3 Å². The molecule has 0 amide bonds. The Morgan fingerprint density at radius 3 is 2.64 bits per heavy atom. The van der Waals surface area contributed by atoms with E-state index < -0.39 is 11.9 Å². The number of nitrogens with zero attached hydrogens (tertiary/aromatic N) is 2. The number of carbonyl (C=O) groups excluding carboxylic acids is 2. The van der Waals surface area contributed by atoms with Crippen LogP contribution in [0, 0.1) is 6.92 Å². The van der Waals surface area contributed by atoms with Crippen LogP contribution in [0.4, 0.5) is 0 Å². The zero-order valence-corrected chi connectivity index (χ0v) is 16.2. The van der Waals surface area contributed by atoms with Gasteiger partial charge in [-0.25, -0.2) is 14.6 Å². The number of ether oxygens (including phenoxy) is 2. The number of pyridine rings is 1. The first-order valence-electron chi connectivity index (χ1n) is 9.31. The number of aromatic nitrogens is 3. The summed E-state index contributed by atoms with van der Waals surface area (Å²) in [7, 11) is 0. The van der Waals surface area contributed by atoms with E-state index in [-0.39, 0.29) is 18.9 Å². The van der Waals surface area contributed by atoms with E-state index in [1.807, 2.05) is 38.1 Å². The number of para-hydroxylation sites is 1. The predicted octanol–water partition coefficient (Wildman–Crippen LogP) is 3.75. The maximum Gasteiger partial charge on any atom is 0.359 e. The molecule has 0 unspecified atom stereocenters. The monoisotopic (exact) mass is 381 g/mol. The Hall–Kier alpha value is -3.22. The molecule has 1 N–H and O–H groups in total. The van der Waals surface area contributed by atoms with Gasteiger partial charge in [-0.3, -0.25) is 5.10 Å². The van der Waals surface area contributed by atoms with Crippen LogP contribution in [-0.2, 0) is 22.5 Å². The van der Waals surface area contributed by atoms with Crippen molar-refractivity contribution in [1.82, 2.24) is 15.2 Å². The molecule has 28 heavy (non-hydrogen) atoms. The Morgan fingerprint density at radius 2 is 1.89 bits per heavy atom. The van der Waals surface area contributed by atoms with E-state index in [1.54, 1.807) is 13.0 Å². The van der Waals surface area contributed by atoms with Crippen LogP contribution in [0.25, 0.3) is 10.9 Å². The van der Waals surface area contributed by atoms with Crippen LogP contribution in [-0.4, -0.2) is 33.7 Å². The zero-order chi connectivity index (χ0) is 20.1. The molecule has 0 fully saturated rings. The molecule has 0 atom stereocenters. The highest BCUT2D eigenvalue weighted by atomic mass is 16.5. The highest BCUT2D eigenvalue weighted by Crippen LogP contribution is 2.24. The number of rotatable bonds is 7. The highest BCUT2D eigenvalue weighted by molar-refractivity contribution is 5.98. The molecule has 0 saturated carbocycles. The van der Waals surface area contributed by atoms with Crippen LogP contribution in [0.1, 0.15) is 58.1 Å². The summed E-state index contributed by atoms with van der Waals surface area (Å²) in [6.07, 6.45) is 1.75. The Kier molecular flexibility index (Phi) is 6.03. The Bertz CT molecular complexity index is 1010. The molecule has 3 rings (SSSR count). The minimum atomic E-state index is -0.568. The van der Waals surface area contributed by atoms with Crippen molar-refractivity contribution in [3.8, 4) is 0 Å². The van der Waals surface area contributed by atoms with Crippen molar-refractivity contribution in [2.75, 3.05) is 6.61 Å². The molecule has 0 saturated heterocycles. The van der Waals surface area contributed by atoms with E-state index in [4.69, 9.17) is 9.47 Å². The molecule has 3 aromatic rings. The number of hydrogen-bond donors (Lipinski definition) is 1. The topological polar surface area (TPSA) is 94.2 Å². The summed E-state index contributed by atoms with van der Waals surface area (Å²) >= 11 is 0. The Balaban J connectivity index is 1.89. The highest BCUT2D eigenvalue weighted by Gasteiger charge is 2.21. The molecule has 0 bridgehead atoms. The second-order valence-corrected chi connectivity index (χ2v) is 6.40. The van der Waals surface area contributed by atoms with Crippen LogP contribution < -0.4 is 0 Å². The van der Waals surface area contributed by atoms with E-state index >= 15 is 0 Å². The van der Waals surface area contributed by atoms with Gasteiger partial charge in [-0.1, -0.05) is 31.5 Å². The van der Waals surface area contributed by atoms with Gasteiger partial charge in [0.25, 0.3) is 0 Å². The summed E-state index contributed by atoms with van der Waals surface area (Å²) in [5.41, 5.74) is 3.26. The molecule has 2 aromatic heterocycles. The fourth-order valence-electron chi connectivity index (χ4n) is 3.09. The van der Waals surface area contributed by atoms with Gasteiger partial charge in [0, 0.05) is 11.1 Å². The van der Waals surface area contributed by atoms with Crippen LogP contribution in [0.5, 0.6) is 0 Å². The van der Waals surface area contributed by atoms with E-state index in [0.717, 1.165) is 35.0 Å². The van der Waals surface area contributed by atoms with Crippen molar-refractivity contribution in [3.63, 3.8) is 0 Å². The standard InChI is InChI=1S/C21H23N3O4/c1-4-8-14-11-17(24-23-14)20(25)28-12-18-19(21(26)27-5-2)13(3)15-9-6-7-10-16(15)22-18/h6-7,9-11H,4-5,8,12H2,1-3H3,(H,23,24). The number of esters is 2. The van der Waals surface area contributed by atoms with Gasteiger partial charge in [-0.05, 0) is 38.0 Å². The molecule has 7 heteroatoms. The van der Waals surface area contributed by atoms with Crippen LogP contribution in [0.15, 0.2) is 30.3 Å². The summed E-state index contributed by atoms with van der Waals surface area (Å²) in [6.45, 7) is 5.73. The lowest BCUT2D eigenvalue weighted by molar-refractivity contribution is 0.0439. The summed E-state index contributed by atoms with van der Waals surface area (Å²) in [5.74, 6) is -1.05. The first-order valence-corrected chi connectivity index (χ1v) is 9.31. The third-order valence-electron chi connectivity index (χ3n) is 4.41. The van der Waals surface area contributed by atoms with Crippen LogP contribution in [0.2, 0.25) is 0 Å². The maximum absolute atomic E-state index is 12.5. The molecule has 1 aromatic carbocycles. The van der Waals surface area contributed by atoms with Crippen molar-refractivity contribution in [1.29, 1.82) is 0 Å². The molecule has 2 heterocycles. The van der Waals surface area contributed by atoms with Gasteiger partial charge < -0.3 is 9.47 Å². The molecule has 0 aliphatic rings. The molecular formula is C21H23N3O4. The Morgan fingerprint density at radius 1 is 1.11 bits per heavy atom. The third kappa shape index (κ3) is 4.03. The van der Waals surface area contributed by atoms with Gasteiger partial charge in [-0.15, -0.1) is 0 Å². The average Bonchev–Trinajstić information content (AvgIpc) is 3.15. The van der Waals surface area contributed by atoms with E-state index in [9.17, 15) is 9.59 Å². The van der Waals surface area contributed by atoms with Gasteiger partial charge in [0.2, 0.25) is 0 Å². The number of fused-ring (bicyclic) bond motifs is 1. The van der Waals surface area contributed by atoms with Crippen molar-refractivity contribution in [2.24, 2.45) is 0 Å². The number of hydrogen-bond acceptors (Lipinski definition) is 6.